The zero-order chi connectivity index (χ0) is 11.4. The molecule has 0 aromatic carbocycles. The molecule has 1 atom stereocenters. The summed E-state index contributed by atoms with van der Waals surface area (Å²) in [6.45, 7) is 4.13. The second-order valence-corrected chi connectivity index (χ2v) is 4.53. The standard InChI is InChI=1S/C12H20N4/c1-10-6-8-14-12(15-10)16(2)9-11-5-3-4-7-13-11/h6,8,11,13H,3-5,7,9H2,1-2H3/t11-/m1/s1. The normalized spacial score (nSPS) is 20.8. The number of anilines is 1. The van der Waals surface area contributed by atoms with Gasteiger partial charge in [0.1, 0.15) is 0 Å². The van der Waals surface area contributed by atoms with E-state index in [-0.39, 0.29) is 0 Å². The Morgan fingerprint density at radius 2 is 2.38 bits per heavy atom. The van der Waals surface area contributed by atoms with E-state index in [0.717, 1.165) is 24.7 Å². The first-order valence-corrected chi connectivity index (χ1v) is 6.00. The number of hydrogen-bond donors (Lipinski definition) is 1. The minimum absolute atomic E-state index is 0.586. The predicted molar refractivity (Wildman–Crippen MR) is 65.7 cm³/mol. The fourth-order valence-corrected chi connectivity index (χ4v) is 2.11. The van der Waals surface area contributed by atoms with E-state index in [0.29, 0.717) is 6.04 Å². The van der Waals surface area contributed by atoms with E-state index in [1.165, 1.54) is 19.3 Å². The van der Waals surface area contributed by atoms with Crippen molar-refractivity contribution in [1.82, 2.24) is 15.3 Å². The highest BCUT2D eigenvalue weighted by atomic mass is 15.2. The molecule has 0 saturated carbocycles. The maximum Gasteiger partial charge on any atom is 0.225 e. The number of hydrogen-bond acceptors (Lipinski definition) is 4. The van der Waals surface area contributed by atoms with Gasteiger partial charge in [-0.15, -0.1) is 0 Å². The largest absolute Gasteiger partial charge is 0.342 e. The highest BCUT2D eigenvalue weighted by molar-refractivity contribution is 5.28. The molecule has 0 aliphatic carbocycles. The van der Waals surface area contributed by atoms with Crippen LogP contribution in [0.5, 0.6) is 0 Å². The third-order valence-electron chi connectivity index (χ3n) is 3.03. The van der Waals surface area contributed by atoms with Crippen LogP contribution in [-0.2, 0) is 0 Å². The van der Waals surface area contributed by atoms with E-state index in [9.17, 15) is 0 Å². The van der Waals surface area contributed by atoms with Gasteiger partial charge in [0.05, 0.1) is 0 Å². The van der Waals surface area contributed by atoms with Crippen LogP contribution in [0.4, 0.5) is 5.95 Å². The Labute approximate surface area is 97.1 Å². The first kappa shape index (κ1) is 11.3. The molecule has 1 aromatic heterocycles. The van der Waals surface area contributed by atoms with Gasteiger partial charge in [-0.3, -0.25) is 0 Å². The lowest BCUT2D eigenvalue weighted by Crippen LogP contribution is -2.42. The van der Waals surface area contributed by atoms with Gasteiger partial charge in [0.25, 0.3) is 0 Å². The van der Waals surface area contributed by atoms with Gasteiger partial charge in [-0.05, 0) is 32.4 Å². The molecule has 16 heavy (non-hydrogen) atoms. The molecule has 1 saturated heterocycles. The summed E-state index contributed by atoms with van der Waals surface area (Å²) < 4.78 is 0. The topological polar surface area (TPSA) is 41.1 Å². The number of aryl methyl sites for hydroxylation is 1. The summed E-state index contributed by atoms with van der Waals surface area (Å²) in [6.07, 6.45) is 5.72. The zero-order valence-electron chi connectivity index (χ0n) is 10.1. The molecule has 1 N–H and O–H groups in total. The van der Waals surface area contributed by atoms with E-state index >= 15 is 0 Å². The van der Waals surface area contributed by atoms with Crippen molar-refractivity contribution in [3.8, 4) is 0 Å². The summed E-state index contributed by atoms with van der Waals surface area (Å²) >= 11 is 0. The molecule has 2 rings (SSSR count). The first-order valence-electron chi connectivity index (χ1n) is 6.00. The van der Waals surface area contributed by atoms with Crippen molar-refractivity contribution in [2.24, 2.45) is 0 Å². The molecule has 0 spiro atoms. The lowest BCUT2D eigenvalue weighted by Gasteiger charge is -2.28. The lowest BCUT2D eigenvalue weighted by atomic mass is 10.0. The van der Waals surface area contributed by atoms with Crippen LogP contribution >= 0.6 is 0 Å². The molecule has 4 nitrogen and oxygen atoms in total. The van der Waals surface area contributed by atoms with Crippen LogP contribution in [0.1, 0.15) is 25.0 Å². The minimum atomic E-state index is 0.586. The maximum absolute atomic E-state index is 4.43. The van der Waals surface area contributed by atoms with Gasteiger partial charge in [0, 0.05) is 31.5 Å². The van der Waals surface area contributed by atoms with Crippen molar-refractivity contribution in [2.45, 2.75) is 32.2 Å². The number of piperidine rings is 1. The van der Waals surface area contributed by atoms with Crippen molar-refractivity contribution in [2.75, 3.05) is 25.0 Å². The molecule has 88 valence electrons. The van der Waals surface area contributed by atoms with Gasteiger partial charge in [0.2, 0.25) is 5.95 Å². The van der Waals surface area contributed by atoms with Gasteiger partial charge >= 0.3 is 0 Å². The van der Waals surface area contributed by atoms with E-state index in [1.807, 2.05) is 19.2 Å². The van der Waals surface area contributed by atoms with Gasteiger partial charge < -0.3 is 10.2 Å². The van der Waals surface area contributed by atoms with Crippen LogP contribution in [0, 0.1) is 6.92 Å². The summed E-state index contributed by atoms with van der Waals surface area (Å²) in [5.74, 6) is 0.826. The van der Waals surface area contributed by atoms with E-state index < -0.39 is 0 Å². The molecule has 1 aliphatic heterocycles. The van der Waals surface area contributed by atoms with Crippen molar-refractivity contribution in [3.63, 3.8) is 0 Å². The zero-order valence-corrected chi connectivity index (χ0v) is 10.1. The highest BCUT2D eigenvalue weighted by Crippen LogP contribution is 2.11. The molecule has 4 heteroatoms. The summed E-state index contributed by atoms with van der Waals surface area (Å²) in [5, 5.41) is 3.54. The van der Waals surface area contributed by atoms with Crippen LogP contribution in [0.25, 0.3) is 0 Å². The number of nitrogens with zero attached hydrogens (tertiary/aromatic N) is 3. The van der Waals surface area contributed by atoms with Crippen LogP contribution < -0.4 is 10.2 Å². The average Bonchev–Trinajstić information content (AvgIpc) is 2.30. The summed E-state index contributed by atoms with van der Waals surface area (Å²) in [4.78, 5) is 10.9. The Morgan fingerprint density at radius 3 is 3.06 bits per heavy atom. The van der Waals surface area contributed by atoms with Crippen molar-refractivity contribution < 1.29 is 0 Å². The van der Waals surface area contributed by atoms with Gasteiger partial charge in [-0.2, -0.15) is 0 Å². The molecular weight excluding hydrogens is 200 g/mol. The second-order valence-electron chi connectivity index (χ2n) is 4.53. The first-order chi connectivity index (χ1) is 7.75. The van der Waals surface area contributed by atoms with Crippen LogP contribution in [0.3, 0.4) is 0 Å². The smallest absolute Gasteiger partial charge is 0.225 e. The van der Waals surface area contributed by atoms with Gasteiger partial charge in [-0.25, -0.2) is 9.97 Å². The van der Waals surface area contributed by atoms with Crippen molar-refractivity contribution >= 4 is 5.95 Å². The molecular formula is C12H20N4. The maximum atomic E-state index is 4.43. The minimum Gasteiger partial charge on any atom is -0.342 e. The Kier molecular flexibility index (Phi) is 3.72. The molecule has 0 amide bonds. The van der Waals surface area contributed by atoms with E-state index in [4.69, 9.17) is 0 Å². The molecule has 2 heterocycles. The quantitative estimate of drug-likeness (QED) is 0.835. The number of nitrogens with one attached hydrogen (secondary N) is 1. The molecule has 1 aliphatic rings. The van der Waals surface area contributed by atoms with Gasteiger partial charge in [-0.1, -0.05) is 6.42 Å². The van der Waals surface area contributed by atoms with Gasteiger partial charge in [0.15, 0.2) is 0 Å². The van der Waals surface area contributed by atoms with Crippen LogP contribution in [0.2, 0.25) is 0 Å². The van der Waals surface area contributed by atoms with Crippen molar-refractivity contribution in [3.05, 3.63) is 18.0 Å². The van der Waals surface area contributed by atoms with Crippen LogP contribution in [-0.4, -0.2) is 36.1 Å². The fraction of sp³-hybridized carbons (Fsp3) is 0.667. The predicted octanol–water partition coefficient (Wildman–Crippen LogP) is 1.36. The Morgan fingerprint density at radius 1 is 1.50 bits per heavy atom. The summed E-state index contributed by atoms with van der Waals surface area (Å²) in [6, 6.07) is 2.51. The van der Waals surface area contributed by atoms with E-state index in [2.05, 4.69) is 27.2 Å². The second kappa shape index (κ2) is 5.25. The Balaban J connectivity index is 1.94. The average molecular weight is 220 g/mol. The molecule has 1 fully saturated rings. The summed E-state index contributed by atoms with van der Waals surface area (Å²) in [7, 11) is 2.06. The van der Waals surface area contributed by atoms with Crippen molar-refractivity contribution in [1.29, 1.82) is 0 Å². The Bertz CT molecular complexity index is 334. The highest BCUT2D eigenvalue weighted by Gasteiger charge is 2.15. The lowest BCUT2D eigenvalue weighted by molar-refractivity contribution is 0.402. The molecule has 1 aromatic rings. The monoisotopic (exact) mass is 220 g/mol. The Hall–Kier alpha value is -1.16. The van der Waals surface area contributed by atoms with Crippen LogP contribution in [0.15, 0.2) is 12.3 Å². The van der Waals surface area contributed by atoms with E-state index in [1.54, 1.807) is 0 Å². The third kappa shape index (κ3) is 2.92. The third-order valence-corrected chi connectivity index (χ3v) is 3.03. The molecule has 0 bridgehead atoms. The number of likely N-dealkylation sites (N-methyl/N-ethyl adjacent to an activating group) is 1. The SMILES string of the molecule is Cc1ccnc(N(C)C[C@H]2CCCCN2)n1. The fourth-order valence-electron chi connectivity index (χ4n) is 2.11. The molecule has 0 radical (unpaired) electrons. The summed E-state index contributed by atoms with van der Waals surface area (Å²) in [5.41, 5.74) is 1.02. The number of rotatable bonds is 3. The number of aromatic nitrogens is 2. The molecule has 0 unspecified atom stereocenters.